The first-order valence-electron chi connectivity index (χ1n) is 11.2. The zero-order valence-corrected chi connectivity index (χ0v) is 19.0. The highest BCUT2D eigenvalue weighted by Gasteiger charge is 2.32. The third kappa shape index (κ3) is 4.79. The van der Waals surface area contributed by atoms with Crippen LogP contribution in [0.3, 0.4) is 0 Å². The van der Waals surface area contributed by atoms with E-state index >= 15 is 0 Å². The summed E-state index contributed by atoms with van der Waals surface area (Å²) in [7, 11) is 3.20. The molecule has 8 nitrogen and oxygen atoms in total. The zero-order valence-electron chi connectivity index (χ0n) is 19.0. The van der Waals surface area contributed by atoms with Gasteiger partial charge in [-0.05, 0) is 55.7 Å². The third-order valence-electron chi connectivity index (χ3n) is 6.29. The number of carbonyl (C=O) groups is 3. The van der Waals surface area contributed by atoms with Crippen molar-refractivity contribution in [3.63, 3.8) is 0 Å². The van der Waals surface area contributed by atoms with Crippen LogP contribution in [0.1, 0.15) is 47.6 Å². The number of ether oxygens (including phenoxy) is 2. The molecule has 2 aromatic rings. The van der Waals surface area contributed by atoms with Gasteiger partial charge in [-0.2, -0.15) is 0 Å². The van der Waals surface area contributed by atoms with E-state index in [-0.39, 0.29) is 30.3 Å². The van der Waals surface area contributed by atoms with Crippen LogP contribution in [0.2, 0.25) is 0 Å². The molecule has 1 N–H and O–H groups in total. The number of likely N-dealkylation sites (tertiary alicyclic amines) is 1. The summed E-state index contributed by atoms with van der Waals surface area (Å²) in [5, 5.41) is 2.73. The van der Waals surface area contributed by atoms with E-state index in [9.17, 15) is 14.4 Å². The second kappa shape index (κ2) is 9.94. The van der Waals surface area contributed by atoms with Crippen molar-refractivity contribution in [2.75, 3.05) is 38.8 Å². The molecular weight excluding hydrogens is 422 g/mol. The van der Waals surface area contributed by atoms with Crippen molar-refractivity contribution in [1.82, 2.24) is 10.2 Å². The Kier molecular flexibility index (Phi) is 6.82. The van der Waals surface area contributed by atoms with Crippen LogP contribution in [0.4, 0.5) is 5.69 Å². The van der Waals surface area contributed by atoms with Gasteiger partial charge in [0.25, 0.3) is 5.91 Å². The van der Waals surface area contributed by atoms with Gasteiger partial charge in [-0.3, -0.25) is 14.4 Å². The average molecular weight is 452 g/mol. The maximum atomic E-state index is 13.0. The summed E-state index contributed by atoms with van der Waals surface area (Å²) in [6.07, 6.45) is 3.13. The Morgan fingerprint density at radius 3 is 2.48 bits per heavy atom. The molecule has 2 aliphatic heterocycles. The van der Waals surface area contributed by atoms with E-state index in [0.717, 1.165) is 30.5 Å². The monoisotopic (exact) mass is 451 g/mol. The number of hydrogen-bond acceptors (Lipinski definition) is 5. The number of carbonyl (C=O) groups excluding carboxylic acids is 3. The van der Waals surface area contributed by atoms with Crippen LogP contribution in [0.25, 0.3) is 0 Å². The SMILES string of the molecule is COc1ccc(C2CCCN2C(=O)CNC(=O)c2ccc(N3CCCC3=O)cc2)c(OC)c1. The van der Waals surface area contributed by atoms with E-state index in [2.05, 4.69) is 5.32 Å². The molecule has 2 fully saturated rings. The van der Waals surface area contributed by atoms with Gasteiger partial charge >= 0.3 is 0 Å². The van der Waals surface area contributed by atoms with Crippen LogP contribution in [-0.4, -0.2) is 56.5 Å². The standard InChI is InChI=1S/C25H29N3O5/c1-32-19-11-12-20(22(15-19)33-2)21-5-3-14-28(21)24(30)16-26-25(31)17-7-9-18(10-8-17)27-13-4-6-23(27)29/h7-12,15,21H,3-6,13-14,16H2,1-2H3,(H,26,31). The summed E-state index contributed by atoms with van der Waals surface area (Å²) in [6, 6.07) is 12.4. The van der Waals surface area contributed by atoms with Gasteiger partial charge in [0, 0.05) is 42.4 Å². The Morgan fingerprint density at radius 1 is 1.03 bits per heavy atom. The average Bonchev–Trinajstić information content (AvgIpc) is 3.51. The molecule has 2 saturated heterocycles. The third-order valence-corrected chi connectivity index (χ3v) is 6.29. The lowest BCUT2D eigenvalue weighted by molar-refractivity contribution is -0.131. The zero-order chi connectivity index (χ0) is 23.4. The van der Waals surface area contributed by atoms with Gasteiger partial charge in [0.05, 0.1) is 26.8 Å². The van der Waals surface area contributed by atoms with Crippen LogP contribution in [-0.2, 0) is 9.59 Å². The first-order chi connectivity index (χ1) is 16.0. The molecule has 2 aliphatic rings. The number of anilines is 1. The summed E-state index contributed by atoms with van der Waals surface area (Å²) in [4.78, 5) is 41.0. The van der Waals surface area contributed by atoms with Crippen molar-refractivity contribution in [2.45, 2.75) is 31.7 Å². The number of hydrogen-bond donors (Lipinski definition) is 1. The van der Waals surface area contributed by atoms with Gasteiger partial charge in [-0.15, -0.1) is 0 Å². The molecule has 2 heterocycles. The Bertz CT molecular complexity index is 1040. The molecule has 0 spiro atoms. The highest BCUT2D eigenvalue weighted by molar-refractivity contribution is 5.98. The van der Waals surface area contributed by atoms with Crippen molar-refractivity contribution in [1.29, 1.82) is 0 Å². The second-order valence-corrected chi connectivity index (χ2v) is 8.23. The fourth-order valence-corrected chi connectivity index (χ4v) is 4.56. The fraction of sp³-hybridized carbons (Fsp3) is 0.400. The van der Waals surface area contributed by atoms with Gasteiger partial charge in [0.2, 0.25) is 11.8 Å². The first-order valence-corrected chi connectivity index (χ1v) is 11.2. The molecule has 3 amide bonds. The topological polar surface area (TPSA) is 88.2 Å². The van der Waals surface area contributed by atoms with Crippen LogP contribution >= 0.6 is 0 Å². The number of nitrogens with one attached hydrogen (secondary N) is 1. The van der Waals surface area contributed by atoms with Gasteiger partial charge in [0.1, 0.15) is 11.5 Å². The molecule has 0 aliphatic carbocycles. The van der Waals surface area contributed by atoms with Gasteiger partial charge in [0.15, 0.2) is 0 Å². The lowest BCUT2D eigenvalue weighted by Gasteiger charge is -2.26. The molecule has 174 valence electrons. The normalized spacial score (nSPS) is 17.9. The van der Waals surface area contributed by atoms with Crippen LogP contribution in [0, 0.1) is 0 Å². The predicted molar refractivity (Wildman–Crippen MR) is 124 cm³/mol. The Labute approximate surface area is 193 Å². The molecule has 1 atom stereocenters. The van der Waals surface area contributed by atoms with Gasteiger partial charge in [-0.25, -0.2) is 0 Å². The summed E-state index contributed by atoms with van der Waals surface area (Å²) in [6.45, 7) is 1.25. The quantitative estimate of drug-likeness (QED) is 0.699. The van der Waals surface area contributed by atoms with Crippen molar-refractivity contribution in [3.8, 4) is 11.5 Å². The highest BCUT2D eigenvalue weighted by Crippen LogP contribution is 2.38. The smallest absolute Gasteiger partial charge is 0.251 e. The van der Waals surface area contributed by atoms with Crippen molar-refractivity contribution < 1.29 is 23.9 Å². The molecule has 8 heteroatoms. The number of benzene rings is 2. The molecule has 33 heavy (non-hydrogen) atoms. The second-order valence-electron chi connectivity index (χ2n) is 8.23. The molecule has 1 unspecified atom stereocenters. The van der Waals surface area contributed by atoms with Gasteiger partial charge < -0.3 is 24.6 Å². The fourth-order valence-electron chi connectivity index (χ4n) is 4.56. The molecule has 2 aromatic carbocycles. The number of methoxy groups -OCH3 is 2. The minimum atomic E-state index is -0.319. The van der Waals surface area contributed by atoms with Crippen molar-refractivity contribution in [3.05, 3.63) is 53.6 Å². The minimum Gasteiger partial charge on any atom is -0.497 e. The Hall–Kier alpha value is -3.55. The first kappa shape index (κ1) is 22.6. The Balaban J connectivity index is 1.38. The van der Waals surface area contributed by atoms with E-state index in [1.165, 1.54) is 0 Å². The van der Waals surface area contributed by atoms with Gasteiger partial charge in [-0.1, -0.05) is 0 Å². The van der Waals surface area contributed by atoms with E-state index < -0.39 is 0 Å². The van der Waals surface area contributed by atoms with E-state index in [1.807, 2.05) is 18.2 Å². The summed E-state index contributed by atoms with van der Waals surface area (Å²) < 4.78 is 10.8. The van der Waals surface area contributed by atoms with Crippen molar-refractivity contribution >= 4 is 23.4 Å². The maximum Gasteiger partial charge on any atom is 0.251 e. The van der Waals surface area contributed by atoms with Crippen LogP contribution in [0.5, 0.6) is 11.5 Å². The Morgan fingerprint density at radius 2 is 1.82 bits per heavy atom. The molecular formula is C25H29N3O5. The number of amides is 3. The van der Waals surface area contributed by atoms with Crippen molar-refractivity contribution in [2.24, 2.45) is 0 Å². The molecule has 0 bridgehead atoms. The molecule has 4 rings (SSSR count). The van der Waals surface area contributed by atoms with Crippen LogP contribution in [0.15, 0.2) is 42.5 Å². The highest BCUT2D eigenvalue weighted by atomic mass is 16.5. The largest absolute Gasteiger partial charge is 0.497 e. The maximum absolute atomic E-state index is 13.0. The lowest BCUT2D eigenvalue weighted by Crippen LogP contribution is -2.40. The van der Waals surface area contributed by atoms with E-state index in [0.29, 0.717) is 36.6 Å². The number of nitrogens with zero attached hydrogens (tertiary/aromatic N) is 2. The summed E-state index contributed by atoms with van der Waals surface area (Å²) in [5.41, 5.74) is 2.17. The molecule has 0 aromatic heterocycles. The van der Waals surface area contributed by atoms with E-state index in [1.54, 1.807) is 48.3 Å². The number of rotatable bonds is 7. The van der Waals surface area contributed by atoms with Crippen LogP contribution < -0.4 is 19.7 Å². The summed E-state index contributed by atoms with van der Waals surface area (Å²) in [5.74, 6) is 1.02. The minimum absolute atomic E-state index is 0.0832. The van der Waals surface area contributed by atoms with E-state index in [4.69, 9.17) is 9.47 Å². The summed E-state index contributed by atoms with van der Waals surface area (Å²) >= 11 is 0. The molecule has 0 radical (unpaired) electrons. The predicted octanol–water partition coefficient (Wildman–Crippen LogP) is 2.92. The lowest BCUT2D eigenvalue weighted by atomic mass is 10.0. The molecule has 0 saturated carbocycles.